The van der Waals surface area contributed by atoms with E-state index in [4.69, 9.17) is 0 Å². The van der Waals surface area contributed by atoms with E-state index in [9.17, 15) is 9.59 Å². The lowest BCUT2D eigenvalue weighted by atomic mass is 9.98. The number of benzene rings is 2. The normalized spacial score (nSPS) is 16.8. The van der Waals surface area contributed by atoms with Gasteiger partial charge in [-0.1, -0.05) is 53.2 Å². The number of nitrogens with zero attached hydrogens (tertiary/aromatic N) is 2. The van der Waals surface area contributed by atoms with Gasteiger partial charge < -0.3 is 0 Å². The van der Waals surface area contributed by atoms with Gasteiger partial charge >= 0.3 is 12.1 Å². The van der Waals surface area contributed by atoms with Crippen molar-refractivity contribution in [2.75, 3.05) is 7.05 Å². The van der Waals surface area contributed by atoms with E-state index in [1.807, 2.05) is 36.4 Å². The predicted molar refractivity (Wildman–Crippen MR) is 85.5 cm³/mol. The molecular formula is C18H16N3O2+. The minimum Gasteiger partial charge on any atom is -0.217 e. The molecule has 1 fully saturated rings. The molecule has 23 heavy (non-hydrogen) atoms. The van der Waals surface area contributed by atoms with E-state index in [-0.39, 0.29) is 6.03 Å². The van der Waals surface area contributed by atoms with E-state index < -0.39 is 6.03 Å². The van der Waals surface area contributed by atoms with E-state index in [0.717, 1.165) is 34.6 Å². The minimum atomic E-state index is -0.415. The second-order valence-corrected chi connectivity index (χ2v) is 5.76. The molecule has 1 aliphatic carbocycles. The first-order chi connectivity index (χ1) is 11.2. The van der Waals surface area contributed by atoms with Gasteiger partial charge in [-0.2, -0.15) is 4.79 Å². The molecule has 1 N–H and O–H groups in total. The molecule has 0 spiro atoms. The second kappa shape index (κ2) is 5.05. The molecule has 114 valence electrons. The number of urea groups is 2. The Balaban J connectivity index is 2.06. The molecular weight excluding hydrogens is 290 g/mol. The third-order valence-electron chi connectivity index (χ3n) is 4.42. The summed E-state index contributed by atoms with van der Waals surface area (Å²) in [7, 11) is 1.48. The van der Waals surface area contributed by atoms with Gasteiger partial charge in [0.25, 0.3) is 0 Å². The second-order valence-electron chi connectivity index (χ2n) is 5.76. The van der Waals surface area contributed by atoms with Crippen LogP contribution in [0.4, 0.5) is 9.59 Å². The lowest BCUT2D eigenvalue weighted by Gasteiger charge is -2.10. The fourth-order valence-corrected chi connectivity index (χ4v) is 3.20. The molecule has 2 aromatic carbocycles. The first kappa shape index (κ1) is 13.7. The smallest absolute Gasteiger partial charge is 0.217 e. The number of fused-ring (bicyclic) bond motifs is 2. The molecule has 4 rings (SSSR count). The highest BCUT2D eigenvalue weighted by molar-refractivity contribution is 6.14. The van der Waals surface area contributed by atoms with Crippen LogP contribution in [0.3, 0.4) is 0 Å². The van der Waals surface area contributed by atoms with Crippen LogP contribution in [0, 0.1) is 0 Å². The molecule has 0 radical (unpaired) electrons. The van der Waals surface area contributed by atoms with Crippen LogP contribution in [0.25, 0.3) is 0 Å². The Hall–Kier alpha value is -2.95. The number of hydrogen-bond donors (Lipinski definition) is 1. The molecule has 0 aromatic heterocycles. The van der Waals surface area contributed by atoms with Gasteiger partial charge in [-0.15, -0.1) is 10.3 Å². The van der Waals surface area contributed by atoms with Crippen LogP contribution in [0.5, 0.6) is 0 Å². The van der Waals surface area contributed by atoms with Crippen molar-refractivity contribution >= 4 is 17.8 Å². The van der Waals surface area contributed by atoms with Crippen LogP contribution < -0.4 is 5.43 Å². The van der Waals surface area contributed by atoms with Crippen molar-refractivity contribution in [2.45, 2.75) is 12.8 Å². The maximum atomic E-state index is 12.5. The van der Waals surface area contributed by atoms with E-state index in [2.05, 4.69) is 17.6 Å². The standard InChI is InChI=1S/C18H15N3O2/c1-20-17(22)19-21(18(20)23)16-14-8-4-2-6-12(14)10-11-13-7-3-5-9-15(13)16/h2-9H,10-11H2,1H3/p+1. The number of nitrogens with one attached hydrogen (secondary N) is 1. The third-order valence-corrected chi connectivity index (χ3v) is 4.42. The van der Waals surface area contributed by atoms with Gasteiger partial charge in [0, 0.05) is 11.1 Å². The quantitative estimate of drug-likeness (QED) is 0.760. The van der Waals surface area contributed by atoms with Crippen LogP contribution in [-0.2, 0) is 12.8 Å². The number of amides is 4. The fraction of sp³-hybridized carbons (Fsp3) is 0.167. The van der Waals surface area contributed by atoms with E-state index in [1.54, 1.807) is 0 Å². The van der Waals surface area contributed by atoms with Crippen molar-refractivity contribution < 1.29 is 14.3 Å². The molecule has 0 bridgehead atoms. The molecule has 5 nitrogen and oxygen atoms in total. The molecule has 1 saturated heterocycles. The molecule has 0 atom stereocenters. The summed E-state index contributed by atoms with van der Waals surface area (Å²) < 4.78 is 1.37. The Morgan fingerprint density at radius 3 is 1.91 bits per heavy atom. The highest BCUT2D eigenvalue weighted by Crippen LogP contribution is 2.25. The molecule has 1 heterocycles. The maximum absolute atomic E-state index is 12.5. The van der Waals surface area contributed by atoms with Crippen molar-refractivity contribution in [1.29, 1.82) is 0 Å². The van der Waals surface area contributed by atoms with Gasteiger partial charge in [0.15, 0.2) is 5.71 Å². The number of hydrazone groups is 1. The summed E-state index contributed by atoms with van der Waals surface area (Å²) in [5.41, 5.74) is 7.74. The van der Waals surface area contributed by atoms with Gasteiger partial charge in [0.05, 0.1) is 7.05 Å². The number of rotatable bonds is 0. The molecule has 2 aromatic rings. The average Bonchev–Trinajstić information content (AvgIpc) is 2.76. The zero-order valence-corrected chi connectivity index (χ0v) is 12.7. The molecule has 0 saturated carbocycles. The average molecular weight is 306 g/mol. The van der Waals surface area contributed by atoms with E-state index >= 15 is 0 Å². The summed E-state index contributed by atoms with van der Waals surface area (Å²) in [6.07, 6.45) is 1.81. The maximum Gasteiger partial charge on any atom is 0.526 e. The first-order valence-corrected chi connectivity index (χ1v) is 7.59. The number of carbonyl (C=O) groups excluding carboxylic acids is 2. The van der Waals surface area contributed by atoms with Gasteiger partial charge in [-0.05, 0) is 24.0 Å². The number of imide groups is 1. The Labute approximate surface area is 133 Å². The van der Waals surface area contributed by atoms with Crippen molar-refractivity contribution in [3.63, 3.8) is 0 Å². The summed E-state index contributed by atoms with van der Waals surface area (Å²) in [6, 6.07) is 15.3. The SMILES string of the molecule is CN1C(=O)N[N+](=C2c3ccccc3CCc3ccccc32)C1=O. The Bertz CT molecular complexity index is 821. The fourth-order valence-electron chi connectivity index (χ4n) is 3.20. The largest absolute Gasteiger partial charge is 0.526 e. The van der Waals surface area contributed by atoms with Crippen molar-refractivity contribution in [3.8, 4) is 0 Å². The number of hydrazine groups is 1. The van der Waals surface area contributed by atoms with Crippen LogP contribution in [-0.4, -0.2) is 34.4 Å². The predicted octanol–water partition coefficient (Wildman–Crippen LogP) is 2.33. The van der Waals surface area contributed by atoms with Gasteiger partial charge in [-0.25, -0.2) is 4.79 Å². The van der Waals surface area contributed by atoms with Gasteiger partial charge in [0.1, 0.15) is 0 Å². The Morgan fingerprint density at radius 2 is 1.43 bits per heavy atom. The lowest BCUT2D eigenvalue weighted by Crippen LogP contribution is -2.33. The molecule has 4 amide bonds. The summed E-state index contributed by atoms with van der Waals surface area (Å²) in [4.78, 5) is 25.5. The Kier molecular flexibility index (Phi) is 3.01. The first-order valence-electron chi connectivity index (χ1n) is 7.59. The minimum absolute atomic E-state index is 0.364. The van der Waals surface area contributed by atoms with Crippen molar-refractivity contribution in [1.82, 2.24) is 10.3 Å². The van der Waals surface area contributed by atoms with E-state index in [1.165, 1.54) is 22.9 Å². The molecule has 1 aliphatic heterocycles. The zero-order chi connectivity index (χ0) is 16.0. The number of carbonyl (C=O) groups is 2. The summed E-state index contributed by atoms with van der Waals surface area (Å²) in [5, 5.41) is 0. The van der Waals surface area contributed by atoms with Crippen LogP contribution in [0.2, 0.25) is 0 Å². The van der Waals surface area contributed by atoms with Crippen molar-refractivity contribution in [3.05, 3.63) is 70.8 Å². The topological polar surface area (TPSA) is 52.4 Å². The lowest BCUT2D eigenvalue weighted by molar-refractivity contribution is -0.465. The van der Waals surface area contributed by atoms with Crippen LogP contribution in [0.1, 0.15) is 22.3 Å². The molecule has 5 heteroatoms. The van der Waals surface area contributed by atoms with Gasteiger partial charge in [0.2, 0.25) is 0 Å². The van der Waals surface area contributed by atoms with Crippen LogP contribution in [0.15, 0.2) is 48.5 Å². The summed E-state index contributed by atoms with van der Waals surface area (Å²) >= 11 is 0. The summed E-state index contributed by atoms with van der Waals surface area (Å²) in [5.74, 6) is 0. The molecule has 2 aliphatic rings. The van der Waals surface area contributed by atoms with Crippen LogP contribution >= 0.6 is 0 Å². The van der Waals surface area contributed by atoms with E-state index in [0.29, 0.717) is 0 Å². The highest BCUT2D eigenvalue weighted by Gasteiger charge is 2.43. The number of aryl methyl sites for hydroxylation is 2. The number of hydrogen-bond acceptors (Lipinski definition) is 2. The third kappa shape index (κ3) is 2.04. The van der Waals surface area contributed by atoms with Gasteiger partial charge in [-0.3, -0.25) is 0 Å². The highest BCUT2D eigenvalue weighted by atomic mass is 16.2. The zero-order valence-electron chi connectivity index (χ0n) is 12.7. The van der Waals surface area contributed by atoms with Crippen molar-refractivity contribution in [2.24, 2.45) is 0 Å². The Morgan fingerprint density at radius 1 is 0.913 bits per heavy atom. The molecule has 0 unspecified atom stereocenters. The monoisotopic (exact) mass is 306 g/mol. The summed E-state index contributed by atoms with van der Waals surface area (Å²) in [6.45, 7) is 0.